The van der Waals surface area contributed by atoms with Crippen LogP contribution in [0.5, 0.6) is 0 Å². The van der Waals surface area contributed by atoms with Crippen molar-refractivity contribution in [2.24, 2.45) is 0 Å². The average Bonchev–Trinajstić information content (AvgIpc) is 3.51. The van der Waals surface area contributed by atoms with E-state index in [-0.39, 0.29) is 17.9 Å². The summed E-state index contributed by atoms with van der Waals surface area (Å²) in [5.41, 5.74) is 3.20. The van der Waals surface area contributed by atoms with Crippen LogP contribution in [0.25, 0.3) is 0 Å². The van der Waals surface area contributed by atoms with E-state index in [2.05, 4.69) is 30.4 Å². The maximum absolute atomic E-state index is 13.6. The largest absolute Gasteiger partial charge is 0.351 e. The van der Waals surface area contributed by atoms with Crippen molar-refractivity contribution in [3.63, 3.8) is 0 Å². The van der Waals surface area contributed by atoms with Crippen LogP contribution < -0.4 is 5.32 Å². The van der Waals surface area contributed by atoms with Crippen LogP contribution in [-0.4, -0.2) is 29.3 Å². The van der Waals surface area contributed by atoms with Gasteiger partial charge in [0.15, 0.2) is 0 Å². The molecule has 0 saturated heterocycles. The maximum Gasteiger partial charge on any atom is 0.264 e. The lowest BCUT2D eigenvalue weighted by atomic mass is 10.0. The van der Waals surface area contributed by atoms with Crippen LogP contribution >= 0.6 is 11.3 Å². The van der Waals surface area contributed by atoms with E-state index in [1.54, 1.807) is 4.90 Å². The van der Waals surface area contributed by atoms with E-state index in [0.717, 1.165) is 36.8 Å². The molecular weight excluding hydrogens is 416 g/mol. The highest BCUT2D eigenvalue weighted by Crippen LogP contribution is 2.27. The predicted molar refractivity (Wildman–Crippen MR) is 130 cm³/mol. The van der Waals surface area contributed by atoms with Gasteiger partial charge in [-0.2, -0.15) is 0 Å². The zero-order chi connectivity index (χ0) is 22.3. The molecule has 2 amide bonds. The lowest BCUT2D eigenvalue weighted by Crippen LogP contribution is -2.46. The Hall–Kier alpha value is -2.92. The van der Waals surface area contributed by atoms with Crippen molar-refractivity contribution in [2.75, 3.05) is 6.54 Å². The number of nitrogens with zero attached hydrogens (tertiary/aromatic N) is 1. The zero-order valence-electron chi connectivity index (χ0n) is 18.5. The van der Waals surface area contributed by atoms with Gasteiger partial charge in [0.05, 0.1) is 4.88 Å². The number of carbonyl (C=O) groups excluding carboxylic acids is 2. The van der Waals surface area contributed by atoms with E-state index in [4.69, 9.17) is 0 Å². The van der Waals surface area contributed by atoms with Crippen LogP contribution in [0.3, 0.4) is 0 Å². The monoisotopic (exact) mass is 446 g/mol. The Bertz CT molecular complexity index is 1030. The van der Waals surface area contributed by atoms with Gasteiger partial charge in [0.25, 0.3) is 5.91 Å². The molecule has 1 heterocycles. The molecule has 1 fully saturated rings. The van der Waals surface area contributed by atoms with Crippen molar-refractivity contribution in [3.8, 4) is 0 Å². The van der Waals surface area contributed by atoms with Gasteiger partial charge >= 0.3 is 0 Å². The molecule has 0 spiro atoms. The van der Waals surface area contributed by atoms with E-state index >= 15 is 0 Å². The molecule has 1 aliphatic rings. The first-order chi connectivity index (χ1) is 15.6. The minimum absolute atomic E-state index is 0.0859. The molecule has 32 heavy (non-hydrogen) atoms. The van der Waals surface area contributed by atoms with Gasteiger partial charge < -0.3 is 10.2 Å². The van der Waals surface area contributed by atoms with Gasteiger partial charge in [-0.15, -0.1) is 11.3 Å². The van der Waals surface area contributed by atoms with Crippen molar-refractivity contribution in [1.82, 2.24) is 10.2 Å². The molecule has 5 heteroatoms. The summed E-state index contributed by atoms with van der Waals surface area (Å²) >= 11 is 1.42. The zero-order valence-corrected chi connectivity index (χ0v) is 19.3. The third kappa shape index (κ3) is 5.46. The molecule has 3 aromatic rings. The number of rotatable bonds is 8. The second-order valence-electron chi connectivity index (χ2n) is 8.52. The fraction of sp³-hybridized carbons (Fsp3) is 0.333. The predicted octanol–water partition coefficient (Wildman–Crippen LogP) is 5.54. The highest BCUT2D eigenvalue weighted by molar-refractivity contribution is 7.12. The van der Waals surface area contributed by atoms with Crippen molar-refractivity contribution in [2.45, 2.75) is 51.1 Å². The van der Waals surface area contributed by atoms with E-state index in [1.807, 2.05) is 53.9 Å². The number of aryl methyl sites for hydroxylation is 1. The molecule has 0 radical (unpaired) electrons. The van der Waals surface area contributed by atoms with Crippen molar-refractivity contribution >= 4 is 23.2 Å². The Morgan fingerprint density at radius 2 is 1.81 bits per heavy atom. The summed E-state index contributed by atoms with van der Waals surface area (Å²) in [6, 6.07) is 21.3. The Balaban J connectivity index is 1.66. The first kappa shape index (κ1) is 22.3. The van der Waals surface area contributed by atoms with Crippen LogP contribution in [0.15, 0.2) is 72.1 Å². The van der Waals surface area contributed by atoms with E-state index < -0.39 is 6.04 Å². The third-order valence-electron chi connectivity index (χ3n) is 6.09. The number of carbonyl (C=O) groups is 2. The first-order valence-corrected chi connectivity index (χ1v) is 12.2. The summed E-state index contributed by atoms with van der Waals surface area (Å²) in [4.78, 5) is 29.6. The first-order valence-electron chi connectivity index (χ1n) is 11.4. The maximum atomic E-state index is 13.6. The van der Waals surface area contributed by atoms with Crippen LogP contribution in [0, 0.1) is 6.92 Å². The molecule has 166 valence electrons. The van der Waals surface area contributed by atoms with E-state index in [1.165, 1.54) is 16.9 Å². The second kappa shape index (κ2) is 10.6. The molecule has 1 atom stereocenters. The molecule has 1 aliphatic carbocycles. The SMILES string of the molecule is Cc1cccc(CCN(C(=O)c2cccs2)C(C(=O)NC2CCCC2)c2ccccc2)c1. The molecule has 4 nitrogen and oxygen atoms in total. The van der Waals surface area contributed by atoms with Gasteiger partial charge in [0.2, 0.25) is 5.91 Å². The number of benzene rings is 2. The summed E-state index contributed by atoms with van der Waals surface area (Å²) in [7, 11) is 0. The third-order valence-corrected chi connectivity index (χ3v) is 6.95. The normalized spacial score (nSPS) is 14.8. The summed E-state index contributed by atoms with van der Waals surface area (Å²) in [5, 5.41) is 5.14. The number of amides is 2. The van der Waals surface area contributed by atoms with Gasteiger partial charge in [-0.05, 0) is 48.8 Å². The summed E-state index contributed by atoms with van der Waals surface area (Å²) < 4.78 is 0. The van der Waals surface area contributed by atoms with Gasteiger partial charge in [0, 0.05) is 12.6 Å². The second-order valence-corrected chi connectivity index (χ2v) is 9.47. The van der Waals surface area contributed by atoms with E-state index in [9.17, 15) is 9.59 Å². The van der Waals surface area contributed by atoms with Crippen molar-refractivity contribution in [3.05, 3.63) is 93.7 Å². The molecular formula is C27H30N2O2S. The molecule has 1 aromatic heterocycles. The highest BCUT2D eigenvalue weighted by atomic mass is 32.1. The van der Waals surface area contributed by atoms with E-state index in [0.29, 0.717) is 17.8 Å². The van der Waals surface area contributed by atoms with Crippen molar-refractivity contribution < 1.29 is 9.59 Å². The summed E-state index contributed by atoms with van der Waals surface area (Å²) in [5.74, 6) is -0.180. The average molecular weight is 447 g/mol. The highest BCUT2D eigenvalue weighted by Gasteiger charge is 2.33. The Kier molecular flexibility index (Phi) is 7.38. The van der Waals surface area contributed by atoms with Crippen LogP contribution in [-0.2, 0) is 11.2 Å². The smallest absolute Gasteiger partial charge is 0.264 e. The topological polar surface area (TPSA) is 49.4 Å². The van der Waals surface area contributed by atoms with Crippen molar-refractivity contribution in [1.29, 1.82) is 0 Å². The van der Waals surface area contributed by atoms with Gasteiger partial charge in [-0.1, -0.05) is 79.1 Å². The summed E-state index contributed by atoms with van der Waals surface area (Å²) in [6.45, 7) is 2.54. The van der Waals surface area contributed by atoms with Crippen LogP contribution in [0.4, 0.5) is 0 Å². The lowest BCUT2D eigenvalue weighted by Gasteiger charge is -2.32. The number of hydrogen-bond acceptors (Lipinski definition) is 3. The molecule has 0 aliphatic heterocycles. The molecule has 4 rings (SSSR count). The molecule has 1 saturated carbocycles. The minimum atomic E-state index is -0.656. The van der Waals surface area contributed by atoms with Gasteiger partial charge in [-0.3, -0.25) is 9.59 Å². The number of hydrogen-bond donors (Lipinski definition) is 1. The molecule has 1 N–H and O–H groups in total. The summed E-state index contributed by atoms with van der Waals surface area (Å²) in [6.07, 6.45) is 5.00. The fourth-order valence-electron chi connectivity index (χ4n) is 4.47. The number of nitrogens with one attached hydrogen (secondary N) is 1. The Morgan fingerprint density at radius 1 is 1.03 bits per heavy atom. The standard InChI is InChI=1S/C27H30N2O2S/c1-20-9-7-10-21(19-20)16-17-29(27(31)24-15-8-18-32-24)25(22-11-3-2-4-12-22)26(30)28-23-13-5-6-14-23/h2-4,7-12,15,18-19,23,25H,5-6,13-14,16-17H2,1H3,(H,28,30). The van der Waals surface area contributed by atoms with Gasteiger partial charge in [-0.25, -0.2) is 0 Å². The molecule has 1 unspecified atom stereocenters. The van der Waals surface area contributed by atoms with Crippen LogP contribution in [0.1, 0.15) is 58.1 Å². The molecule has 0 bridgehead atoms. The van der Waals surface area contributed by atoms with Crippen LogP contribution in [0.2, 0.25) is 0 Å². The lowest BCUT2D eigenvalue weighted by molar-refractivity contribution is -0.126. The Morgan fingerprint density at radius 3 is 2.50 bits per heavy atom. The quantitative estimate of drug-likeness (QED) is 0.494. The molecule has 2 aromatic carbocycles. The minimum Gasteiger partial charge on any atom is -0.351 e. The van der Waals surface area contributed by atoms with Gasteiger partial charge in [0.1, 0.15) is 6.04 Å². The fourth-order valence-corrected chi connectivity index (χ4v) is 5.14. The number of thiophene rings is 1. The Labute approximate surface area is 194 Å².